The molecule has 31 heavy (non-hydrogen) atoms. The first kappa shape index (κ1) is 22.7. The number of nitrogens with zero attached hydrogens (tertiary/aromatic N) is 2. The van der Waals surface area contributed by atoms with Crippen LogP contribution < -0.4 is 0 Å². The maximum atomic E-state index is 13.3. The first-order valence-corrected chi connectivity index (χ1v) is 11.6. The Morgan fingerprint density at radius 1 is 1.00 bits per heavy atom. The van der Waals surface area contributed by atoms with Crippen molar-refractivity contribution in [3.05, 3.63) is 95.3 Å². The third-order valence-electron chi connectivity index (χ3n) is 5.02. The SMILES string of the molecule is COCCS(=O)(=O)c1ccc(C(=O)N(Cc2cccnc2)Cc2ccccc2C)cc1. The van der Waals surface area contributed by atoms with Gasteiger partial charge < -0.3 is 9.64 Å². The van der Waals surface area contributed by atoms with Crippen LogP contribution in [0.3, 0.4) is 0 Å². The number of hydrogen-bond acceptors (Lipinski definition) is 5. The van der Waals surface area contributed by atoms with Crippen LogP contribution in [0.15, 0.2) is 78.0 Å². The highest BCUT2D eigenvalue weighted by Crippen LogP contribution is 2.18. The van der Waals surface area contributed by atoms with Gasteiger partial charge in [-0.15, -0.1) is 0 Å². The van der Waals surface area contributed by atoms with E-state index in [9.17, 15) is 13.2 Å². The highest BCUT2D eigenvalue weighted by Gasteiger charge is 2.20. The highest BCUT2D eigenvalue weighted by molar-refractivity contribution is 7.91. The summed E-state index contributed by atoms with van der Waals surface area (Å²) in [5, 5.41) is 0. The molecule has 0 unspecified atom stereocenters. The van der Waals surface area contributed by atoms with Crippen LogP contribution in [0.2, 0.25) is 0 Å². The second-order valence-corrected chi connectivity index (χ2v) is 9.39. The van der Waals surface area contributed by atoms with E-state index >= 15 is 0 Å². The van der Waals surface area contributed by atoms with Gasteiger partial charge in [0.1, 0.15) is 0 Å². The zero-order chi connectivity index (χ0) is 22.3. The molecule has 3 aromatic rings. The third kappa shape index (κ3) is 5.99. The van der Waals surface area contributed by atoms with Crippen molar-refractivity contribution in [2.75, 3.05) is 19.5 Å². The van der Waals surface area contributed by atoms with Crippen LogP contribution in [0.1, 0.15) is 27.0 Å². The van der Waals surface area contributed by atoms with Crippen molar-refractivity contribution in [3.63, 3.8) is 0 Å². The number of amides is 1. The van der Waals surface area contributed by atoms with Crippen LogP contribution in [0.5, 0.6) is 0 Å². The van der Waals surface area contributed by atoms with Gasteiger partial charge in [0.15, 0.2) is 9.84 Å². The first-order valence-electron chi connectivity index (χ1n) is 9.95. The molecular formula is C24H26N2O4S. The van der Waals surface area contributed by atoms with E-state index in [0.29, 0.717) is 18.7 Å². The molecule has 0 radical (unpaired) electrons. The van der Waals surface area contributed by atoms with Crippen molar-refractivity contribution in [1.82, 2.24) is 9.88 Å². The largest absolute Gasteiger partial charge is 0.384 e. The maximum absolute atomic E-state index is 13.3. The zero-order valence-electron chi connectivity index (χ0n) is 17.7. The fourth-order valence-corrected chi connectivity index (χ4v) is 4.38. The number of aromatic nitrogens is 1. The summed E-state index contributed by atoms with van der Waals surface area (Å²) >= 11 is 0. The number of methoxy groups -OCH3 is 1. The quantitative estimate of drug-likeness (QED) is 0.510. The molecule has 0 spiro atoms. The van der Waals surface area contributed by atoms with Crippen LogP contribution in [0.4, 0.5) is 0 Å². The minimum absolute atomic E-state index is 0.1000. The molecule has 0 atom stereocenters. The summed E-state index contributed by atoms with van der Waals surface area (Å²) in [5.74, 6) is -0.273. The third-order valence-corrected chi connectivity index (χ3v) is 6.72. The van der Waals surface area contributed by atoms with Crippen molar-refractivity contribution in [2.24, 2.45) is 0 Å². The fraction of sp³-hybridized carbons (Fsp3) is 0.250. The summed E-state index contributed by atoms with van der Waals surface area (Å²) in [4.78, 5) is 19.4. The van der Waals surface area contributed by atoms with Crippen molar-refractivity contribution in [3.8, 4) is 0 Å². The normalized spacial score (nSPS) is 11.3. The molecule has 0 N–H and O–H groups in total. The average molecular weight is 439 g/mol. The van der Waals surface area contributed by atoms with E-state index in [1.165, 1.54) is 19.2 Å². The Morgan fingerprint density at radius 2 is 1.74 bits per heavy atom. The summed E-state index contributed by atoms with van der Waals surface area (Å²) in [6.45, 7) is 2.98. The smallest absolute Gasteiger partial charge is 0.254 e. The standard InChI is InChI=1S/C24H26N2O4S/c1-19-6-3-4-8-22(19)18-26(17-20-7-5-13-25-16-20)24(27)21-9-11-23(12-10-21)31(28,29)15-14-30-2/h3-13,16H,14-15,17-18H2,1-2H3. The zero-order valence-corrected chi connectivity index (χ0v) is 18.5. The van der Waals surface area contributed by atoms with Gasteiger partial charge in [0.25, 0.3) is 5.91 Å². The van der Waals surface area contributed by atoms with Gasteiger partial charge in [0, 0.05) is 38.2 Å². The monoisotopic (exact) mass is 438 g/mol. The molecule has 0 bridgehead atoms. The number of sulfone groups is 1. The Balaban J connectivity index is 1.86. The lowest BCUT2D eigenvalue weighted by atomic mass is 10.1. The van der Waals surface area contributed by atoms with E-state index in [-0.39, 0.29) is 23.2 Å². The number of carbonyl (C=O) groups excluding carboxylic acids is 1. The molecule has 7 heteroatoms. The van der Waals surface area contributed by atoms with Gasteiger partial charge in [-0.1, -0.05) is 30.3 Å². The lowest BCUT2D eigenvalue weighted by Gasteiger charge is -2.24. The van der Waals surface area contributed by atoms with Crippen LogP contribution in [-0.2, 0) is 27.7 Å². The van der Waals surface area contributed by atoms with Crippen LogP contribution in [0, 0.1) is 6.92 Å². The van der Waals surface area contributed by atoms with E-state index in [0.717, 1.165) is 16.7 Å². The van der Waals surface area contributed by atoms with Crippen molar-refractivity contribution in [2.45, 2.75) is 24.9 Å². The summed E-state index contributed by atoms with van der Waals surface area (Å²) in [5.41, 5.74) is 3.51. The number of pyridine rings is 1. The Morgan fingerprint density at radius 3 is 2.39 bits per heavy atom. The van der Waals surface area contributed by atoms with E-state index < -0.39 is 9.84 Å². The Kier molecular flexibility index (Phi) is 7.55. The van der Waals surface area contributed by atoms with E-state index in [2.05, 4.69) is 4.98 Å². The van der Waals surface area contributed by atoms with Crippen molar-refractivity contribution in [1.29, 1.82) is 0 Å². The number of hydrogen-bond donors (Lipinski definition) is 0. The topological polar surface area (TPSA) is 76.6 Å². The molecule has 0 fully saturated rings. The minimum Gasteiger partial charge on any atom is -0.384 e. The molecule has 0 saturated heterocycles. The van der Waals surface area contributed by atoms with Gasteiger partial charge in [-0.05, 0) is 53.9 Å². The molecule has 3 rings (SSSR count). The van der Waals surface area contributed by atoms with Crippen LogP contribution in [-0.4, -0.2) is 43.7 Å². The van der Waals surface area contributed by atoms with Gasteiger partial charge in [-0.25, -0.2) is 8.42 Å². The summed E-state index contributed by atoms with van der Waals surface area (Å²) in [6, 6.07) is 17.8. The molecule has 0 aliphatic rings. The predicted molar refractivity (Wildman–Crippen MR) is 119 cm³/mol. The van der Waals surface area contributed by atoms with E-state index in [1.807, 2.05) is 43.3 Å². The van der Waals surface area contributed by atoms with Gasteiger partial charge in [0.05, 0.1) is 17.3 Å². The summed E-state index contributed by atoms with van der Waals surface area (Å²) in [7, 11) is -1.99. The fourth-order valence-electron chi connectivity index (χ4n) is 3.20. The summed E-state index contributed by atoms with van der Waals surface area (Å²) < 4.78 is 29.6. The van der Waals surface area contributed by atoms with E-state index in [4.69, 9.17) is 4.74 Å². The minimum atomic E-state index is -3.45. The molecule has 0 aliphatic heterocycles. The van der Waals surface area contributed by atoms with Gasteiger partial charge >= 0.3 is 0 Å². The molecule has 2 aromatic carbocycles. The Hall–Kier alpha value is -3.03. The van der Waals surface area contributed by atoms with Crippen molar-refractivity contribution >= 4 is 15.7 Å². The Labute approximate surface area is 183 Å². The molecular weight excluding hydrogens is 412 g/mol. The lowest BCUT2D eigenvalue weighted by molar-refractivity contribution is 0.0729. The van der Waals surface area contributed by atoms with Crippen LogP contribution >= 0.6 is 0 Å². The molecule has 0 saturated carbocycles. The van der Waals surface area contributed by atoms with Gasteiger partial charge in [-0.3, -0.25) is 9.78 Å². The summed E-state index contributed by atoms with van der Waals surface area (Å²) in [6.07, 6.45) is 3.43. The molecule has 0 aliphatic carbocycles. The van der Waals surface area contributed by atoms with Gasteiger partial charge in [0.2, 0.25) is 0 Å². The average Bonchev–Trinajstić information content (AvgIpc) is 2.79. The molecule has 162 valence electrons. The lowest BCUT2D eigenvalue weighted by Crippen LogP contribution is -2.30. The number of rotatable bonds is 9. The highest BCUT2D eigenvalue weighted by atomic mass is 32.2. The molecule has 6 nitrogen and oxygen atoms in total. The second-order valence-electron chi connectivity index (χ2n) is 7.29. The second kappa shape index (κ2) is 10.3. The molecule has 1 heterocycles. The van der Waals surface area contributed by atoms with Gasteiger partial charge in [-0.2, -0.15) is 0 Å². The Bertz CT molecular complexity index is 1110. The molecule has 1 aromatic heterocycles. The number of carbonyl (C=O) groups is 1. The van der Waals surface area contributed by atoms with Crippen LogP contribution in [0.25, 0.3) is 0 Å². The van der Waals surface area contributed by atoms with Crippen molar-refractivity contribution < 1.29 is 17.9 Å². The predicted octanol–water partition coefficient (Wildman–Crippen LogP) is 3.65. The number of benzene rings is 2. The van der Waals surface area contributed by atoms with E-state index in [1.54, 1.807) is 29.4 Å². The molecule has 1 amide bonds. The number of ether oxygens (including phenoxy) is 1. The maximum Gasteiger partial charge on any atom is 0.254 e. The number of aryl methyl sites for hydroxylation is 1. The first-order chi connectivity index (χ1) is 14.9.